The normalized spacial score (nSPS) is 12.4. The van der Waals surface area contributed by atoms with E-state index in [-0.39, 0.29) is 18.0 Å². The van der Waals surface area contributed by atoms with Crippen molar-refractivity contribution in [2.75, 3.05) is 24.2 Å². The third-order valence-corrected chi connectivity index (χ3v) is 3.92. The average Bonchev–Trinajstić information content (AvgIpc) is 2.57. The highest BCUT2D eigenvalue weighted by atomic mass is 32.2. The molecule has 0 spiro atoms. The summed E-state index contributed by atoms with van der Waals surface area (Å²) in [5, 5.41) is 7.01. The van der Waals surface area contributed by atoms with Gasteiger partial charge in [-0.2, -0.15) is 0 Å². The number of urea groups is 1. The molecule has 24 heavy (non-hydrogen) atoms. The van der Waals surface area contributed by atoms with Crippen molar-refractivity contribution in [2.45, 2.75) is 4.90 Å². The molecule has 0 fully saturated rings. The van der Waals surface area contributed by atoms with E-state index in [0.29, 0.717) is 11.4 Å². The highest BCUT2D eigenvalue weighted by Gasteiger charge is 2.18. The number of amides is 4. The van der Waals surface area contributed by atoms with Crippen molar-refractivity contribution in [3.63, 3.8) is 0 Å². The van der Waals surface area contributed by atoms with E-state index in [1.165, 1.54) is 23.9 Å². The van der Waals surface area contributed by atoms with Crippen LogP contribution in [-0.4, -0.2) is 42.7 Å². The smallest absolute Gasteiger partial charge is 0.338 e. The van der Waals surface area contributed by atoms with Gasteiger partial charge in [0.15, 0.2) is 6.61 Å². The minimum Gasteiger partial charge on any atom is -0.452 e. The molecule has 2 rings (SSSR count). The minimum atomic E-state index is -0.758. The predicted molar refractivity (Wildman–Crippen MR) is 87.8 cm³/mol. The zero-order chi connectivity index (χ0) is 17.5. The summed E-state index contributed by atoms with van der Waals surface area (Å²) in [5.41, 5.74) is 0.722. The molecule has 0 saturated carbocycles. The van der Waals surface area contributed by atoms with E-state index >= 15 is 0 Å². The predicted octanol–water partition coefficient (Wildman–Crippen LogP) is 0.899. The van der Waals surface area contributed by atoms with Crippen LogP contribution < -0.4 is 16.0 Å². The number of thioether (sulfide) groups is 1. The van der Waals surface area contributed by atoms with Crippen molar-refractivity contribution in [2.24, 2.45) is 0 Å². The maximum Gasteiger partial charge on any atom is 0.338 e. The van der Waals surface area contributed by atoms with Gasteiger partial charge in [-0.1, -0.05) is 6.08 Å². The number of hydrogen-bond acceptors (Lipinski definition) is 6. The molecule has 0 bridgehead atoms. The van der Waals surface area contributed by atoms with Crippen molar-refractivity contribution in [3.05, 3.63) is 36.4 Å². The van der Waals surface area contributed by atoms with E-state index in [0.717, 1.165) is 4.90 Å². The first-order valence-electron chi connectivity index (χ1n) is 6.92. The molecule has 0 atom stereocenters. The zero-order valence-electron chi connectivity index (χ0n) is 12.6. The quantitative estimate of drug-likeness (QED) is 0.538. The Kier molecular flexibility index (Phi) is 5.96. The molecule has 8 nitrogen and oxygen atoms in total. The maximum absolute atomic E-state index is 11.9. The van der Waals surface area contributed by atoms with E-state index in [9.17, 15) is 19.2 Å². The Hall–Kier alpha value is -2.81. The summed E-state index contributed by atoms with van der Waals surface area (Å²) < 4.78 is 4.84. The molecule has 0 radical (unpaired) electrons. The molecule has 0 aromatic heterocycles. The van der Waals surface area contributed by atoms with E-state index in [4.69, 9.17) is 4.74 Å². The number of imide groups is 1. The molecule has 4 amide bonds. The number of hydrogen-bond donors (Lipinski definition) is 3. The Balaban J connectivity index is 1.87. The van der Waals surface area contributed by atoms with E-state index in [2.05, 4.69) is 17.2 Å². The van der Waals surface area contributed by atoms with Gasteiger partial charge in [0, 0.05) is 11.4 Å². The molecule has 1 aromatic carbocycles. The second-order valence-corrected chi connectivity index (χ2v) is 5.69. The van der Waals surface area contributed by atoms with Crippen LogP contribution in [-0.2, 0) is 14.3 Å². The van der Waals surface area contributed by atoms with E-state index < -0.39 is 24.5 Å². The van der Waals surface area contributed by atoms with Gasteiger partial charge in [0.05, 0.1) is 17.0 Å². The molecular formula is C15H15N3O5S. The average molecular weight is 349 g/mol. The minimum absolute atomic E-state index is 0.150. The van der Waals surface area contributed by atoms with Gasteiger partial charge in [-0.15, -0.1) is 18.3 Å². The lowest BCUT2D eigenvalue weighted by molar-refractivity contribution is -0.123. The van der Waals surface area contributed by atoms with Crippen LogP contribution in [0.1, 0.15) is 10.4 Å². The van der Waals surface area contributed by atoms with Crippen molar-refractivity contribution in [1.29, 1.82) is 0 Å². The lowest BCUT2D eigenvalue weighted by atomic mass is 10.2. The number of carbonyl (C=O) groups excluding carboxylic acids is 4. The van der Waals surface area contributed by atoms with Crippen LogP contribution >= 0.6 is 11.8 Å². The Bertz CT molecular complexity index is 704. The zero-order valence-corrected chi connectivity index (χ0v) is 13.4. The van der Waals surface area contributed by atoms with Crippen LogP contribution in [0.4, 0.5) is 10.5 Å². The number of anilines is 1. The molecule has 3 N–H and O–H groups in total. The van der Waals surface area contributed by atoms with Crippen LogP contribution in [0.3, 0.4) is 0 Å². The van der Waals surface area contributed by atoms with Crippen LogP contribution in [0, 0.1) is 0 Å². The molecular weight excluding hydrogens is 334 g/mol. The van der Waals surface area contributed by atoms with E-state index in [1.807, 2.05) is 5.32 Å². The Labute approximate surface area is 142 Å². The summed E-state index contributed by atoms with van der Waals surface area (Å²) in [6, 6.07) is 4.01. The molecule has 1 aromatic rings. The van der Waals surface area contributed by atoms with Crippen LogP contribution in [0.15, 0.2) is 35.7 Å². The monoisotopic (exact) mass is 349 g/mol. The van der Waals surface area contributed by atoms with Gasteiger partial charge >= 0.3 is 12.0 Å². The number of rotatable bonds is 5. The molecule has 0 saturated heterocycles. The van der Waals surface area contributed by atoms with Crippen molar-refractivity contribution < 1.29 is 23.9 Å². The van der Waals surface area contributed by atoms with Gasteiger partial charge in [0.25, 0.3) is 5.91 Å². The third kappa shape index (κ3) is 4.85. The lowest BCUT2D eigenvalue weighted by Crippen LogP contribution is -2.41. The molecule has 0 unspecified atom stereocenters. The highest BCUT2D eigenvalue weighted by Crippen LogP contribution is 2.32. The maximum atomic E-state index is 11.9. The number of benzene rings is 1. The summed E-state index contributed by atoms with van der Waals surface area (Å²) in [6.45, 7) is 3.02. The largest absolute Gasteiger partial charge is 0.452 e. The topological polar surface area (TPSA) is 114 Å². The number of carbonyl (C=O) groups is 4. The van der Waals surface area contributed by atoms with E-state index in [1.54, 1.807) is 12.1 Å². The van der Waals surface area contributed by atoms with Crippen molar-refractivity contribution >= 4 is 41.3 Å². The fraction of sp³-hybridized carbons (Fsp3) is 0.200. The van der Waals surface area contributed by atoms with Gasteiger partial charge < -0.3 is 15.4 Å². The molecule has 1 aliphatic rings. The second-order valence-electron chi connectivity index (χ2n) is 4.67. The SMILES string of the molecule is C=CCNC(=O)NC(=O)COC(=O)c1ccc2c(c1)NC(=O)CS2. The first kappa shape index (κ1) is 17.5. The fourth-order valence-corrected chi connectivity index (χ4v) is 2.58. The van der Waals surface area contributed by atoms with Crippen LogP contribution in [0.2, 0.25) is 0 Å². The summed E-state index contributed by atoms with van der Waals surface area (Å²) in [7, 11) is 0. The number of ether oxygens (including phenoxy) is 1. The van der Waals surface area contributed by atoms with Gasteiger partial charge in [0.2, 0.25) is 5.91 Å². The van der Waals surface area contributed by atoms with Crippen LogP contribution in [0.5, 0.6) is 0 Å². The number of fused-ring (bicyclic) bond motifs is 1. The lowest BCUT2D eigenvalue weighted by Gasteiger charge is -2.16. The molecule has 1 aliphatic heterocycles. The highest BCUT2D eigenvalue weighted by molar-refractivity contribution is 8.00. The number of nitrogens with one attached hydrogen (secondary N) is 3. The summed E-state index contributed by atoms with van der Waals surface area (Å²) in [6.07, 6.45) is 1.46. The summed E-state index contributed by atoms with van der Waals surface area (Å²) in [5.74, 6) is -1.32. The number of esters is 1. The van der Waals surface area contributed by atoms with Crippen LogP contribution in [0.25, 0.3) is 0 Å². The molecule has 9 heteroatoms. The Morgan fingerprint density at radius 3 is 2.92 bits per heavy atom. The van der Waals surface area contributed by atoms with Crippen molar-refractivity contribution in [3.8, 4) is 0 Å². The summed E-state index contributed by atoms with van der Waals surface area (Å²) in [4.78, 5) is 46.9. The molecule has 1 heterocycles. The Morgan fingerprint density at radius 2 is 2.17 bits per heavy atom. The fourth-order valence-electron chi connectivity index (χ4n) is 1.80. The molecule has 126 valence electrons. The molecule has 0 aliphatic carbocycles. The van der Waals surface area contributed by atoms with Gasteiger partial charge in [-0.3, -0.25) is 14.9 Å². The standard InChI is InChI=1S/C15H15N3O5S/c1-2-5-16-15(22)18-12(19)7-23-14(21)9-3-4-11-10(6-9)17-13(20)8-24-11/h2-4,6H,1,5,7-8H2,(H,17,20)(H2,16,18,19,22). The first-order valence-corrected chi connectivity index (χ1v) is 7.90. The Morgan fingerprint density at radius 1 is 1.38 bits per heavy atom. The van der Waals surface area contributed by atoms with Gasteiger partial charge in [-0.05, 0) is 18.2 Å². The van der Waals surface area contributed by atoms with Crippen molar-refractivity contribution in [1.82, 2.24) is 10.6 Å². The van der Waals surface area contributed by atoms with Gasteiger partial charge in [0.1, 0.15) is 0 Å². The first-order chi connectivity index (χ1) is 11.5. The van der Waals surface area contributed by atoms with Gasteiger partial charge in [-0.25, -0.2) is 9.59 Å². The third-order valence-electron chi connectivity index (χ3n) is 2.84. The summed E-state index contributed by atoms with van der Waals surface area (Å²) >= 11 is 1.37. The second kappa shape index (κ2) is 8.16.